The van der Waals surface area contributed by atoms with Gasteiger partial charge in [-0.2, -0.15) is 0 Å². The topological polar surface area (TPSA) is 26.0 Å². The van der Waals surface area contributed by atoms with Crippen molar-refractivity contribution in [1.82, 2.24) is 0 Å². The largest absolute Gasteiger partial charge is 0.328 e. The monoisotopic (exact) mass is 231 g/mol. The van der Waals surface area contributed by atoms with Gasteiger partial charge >= 0.3 is 0 Å². The molecule has 0 unspecified atom stereocenters. The van der Waals surface area contributed by atoms with Crippen LogP contribution in [-0.4, -0.2) is 12.8 Å². The predicted molar refractivity (Wildman–Crippen MR) is 79.7 cm³/mol. The molecule has 1 nitrogen and oxygen atoms in total. The summed E-state index contributed by atoms with van der Waals surface area (Å²) in [5, 5.41) is 0. The fraction of sp³-hybridized carbons (Fsp3) is 0.600. The van der Waals surface area contributed by atoms with Crippen LogP contribution >= 0.6 is 0 Å². The zero-order chi connectivity index (χ0) is 12.7. The summed E-state index contributed by atoms with van der Waals surface area (Å²) in [4.78, 5) is 0. The molecular formula is C15H26BN. The standard InChI is InChI=1S/C15H26BN/c1-4-5-14(7-6-13(2)3)12-16-10-8-15(17)9-11-16/h4-7,15H,8-12,17H2,1-3H3/b5-4-,14-7+. The van der Waals surface area contributed by atoms with E-state index in [2.05, 4.69) is 45.1 Å². The zero-order valence-electron chi connectivity index (χ0n) is 11.6. The van der Waals surface area contributed by atoms with Crippen LogP contribution in [0.5, 0.6) is 0 Å². The summed E-state index contributed by atoms with van der Waals surface area (Å²) in [6.45, 7) is 7.21. The molecule has 0 aromatic rings. The maximum absolute atomic E-state index is 5.95. The first-order chi connectivity index (χ1) is 8.11. The normalized spacial score (nSPS) is 18.8. The first kappa shape index (κ1) is 14.3. The van der Waals surface area contributed by atoms with Gasteiger partial charge in [-0.05, 0) is 39.9 Å². The molecule has 1 aliphatic heterocycles. The Bertz CT molecular complexity index is 303. The Morgan fingerprint density at radius 3 is 2.41 bits per heavy atom. The maximum Gasteiger partial charge on any atom is 0.144 e. The molecule has 0 radical (unpaired) electrons. The summed E-state index contributed by atoms with van der Waals surface area (Å²) in [5.41, 5.74) is 8.76. The van der Waals surface area contributed by atoms with Crippen molar-refractivity contribution in [3.8, 4) is 0 Å². The lowest BCUT2D eigenvalue weighted by Crippen LogP contribution is -2.30. The van der Waals surface area contributed by atoms with Gasteiger partial charge in [-0.1, -0.05) is 48.1 Å². The minimum Gasteiger partial charge on any atom is -0.328 e. The molecule has 94 valence electrons. The maximum atomic E-state index is 5.95. The highest BCUT2D eigenvalue weighted by molar-refractivity contribution is 6.59. The summed E-state index contributed by atoms with van der Waals surface area (Å²) in [5.74, 6) is 0. The summed E-state index contributed by atoms with van der Waals surface area (Å²) < 4.78 is 0. The summed E-state index contributed by atoms with van der Waals surface area (Å²) in [6.07, 6.45) is 15.1. The third kappa shape index (κ3) is 5.93. The summed E-state index contributed by atoms with van der Waals surface area (Å²) in [6, 6.07) is 0.457. The van der Waals surface area contributed by atoms with Gasteiger partial charge in [-0.15, -0.1) is 0 Å². The average Bonchev–Trinajstić information content (AvgIpc) is 2.29. The molecule has 0 spiro atoms. The van der Waals surface area contributed by atoms with E-state index in [1.165, 1.54) is 42.9 Å². The first-order valence-electron chi connectivity index (χ1n) is 6.84. The molecule has 1 fully saturated rings. The molecule has 0 bridgehead atoms. The van der Waals surface area contributed by atoms with Crippen molar-refractivity contribution in [1.29, 1.82) is 0 Å². The predicted octanol–water partition coefficient (Wildman–Crippen LogP) is 4.07. The molecule has 17 heavy (non-hydrogen) atoms. The quantitative estimate of drug-likeness (QED) is 0.572. The minimum absolute atomic E-state index is 0.457. The zero-order valence-corrected chi connectivity index (χ0v) is 11.6. The van der Waals surface area contributed by atoms with Gasteiger partial charge in [0.1, 0.15) is 6.71 Å². The molecule has 1 heterocycles. The van der Waals surface area contributed by atoms with Crippen molar-refractivity contribution >= 4 is 6.71 Å². The fourth-order valence-corrected chi connectivity index (χ4v) is 2.41. The van der Waals surface area contributed by atoms with Gasteiger partial charge in [0.15, 0.2) is 0 Å². The van der Waals surface area contributed by atoms with E-state index in [0.717, 1.165) is 6.71 Å². The van der Waals surface area contributed by atoms with Crippen molar-refractivity contribution in [3.05, 3.63) is 35.5 Å². The summed E-state index contributed by atoms with van der Waals surface area (Å²) >= 11 is 0. The lowest BCUT2D eigenvalue weighted by molar-refractivity contribution is 0.597. The lowest BCUT2D eigenvalue weighted by atomic mass is 9.38. The van der Waals surface area contributed by atoms with Crippen LogP contribution in [0.25, 0.3) is 0 Å². The molecule has 1 saturated heterocycles. The number of nitrogens with two attached hydrogens (primary N) is 1. The van der Waals surface area contributed by atoms with Crippen LogP contribution in [0.15, 0.2) is 35.5 Å². The number of hydrogen-bond acceptors (Lipinski definition) is 1. The van der Waals surface area contributed by atoms with E-state index in [-0.39, 0.29) is 0 Å². The molecule has 0 atom stereocenters. The van der Waals surface area contributed by atoms with Crippen molar-refractivity contribution in [3.63, 3.8) is 0 Å². The van der Waals surface area contributed by atoms with Gasteiger partial charge in [0.2, 0.25) is 0 Å². The van der Waals surface area contributed by atoms with Crippen LogP contribution in [0.1, 0.15) is 33.6 Å². The Morgan fingerprint density at radius 1 is 1.24 bits per heavy atom. The van der Waals surface area contributed by atoms with E-state index < -0.39 is 0 Å². The molecule has 1 aliphatic rings. The van der Waals surface area contributed by atoms with Crippen molar-refractivity contribution in [2.45, 2.75) is 58.6 Å². The molecule has 0 aromatic carbocycles. The minimum atomic E-state index is 0.457. The highest BCUT2D eigenvalue weighted by Crippen LogP contribution is 2.24. The Hall–Kier alpha value is -0.755. The van der Waals surface area contributed by atoms with E-state index in [9.17, 15) is 0 Å². The Kier molecular flexibility index (Phi) is 6.35. The molecule has 0 saturated carbocycles. The SMILES string of the molecule is C/C=C\C(=C/C=C(C)C)CB1CCC(N)CC1. The van der Waals surface area contributed by atoms with Gasteiger partial charge in [0.05, 0.1) is 0 Å². The van der Waals surface area contributed by atoms with Gasteiger partial charge < -0.3 is 5.73 Å². The van der Waals surface area contributed by atoms with Crippen molar-refractivity contribution < 1.29 is 0 Å². The van der Waals surface area contributed by atoms with Gasteiger partial charge in [-0.25, -0.2) is 0 Å². The average molecular weight is 231 g/mol. The third-order valence-corrected chi connectivity index (χ3v) is 3.43. The number of allylic oxidation sites excluding steroid dienone is 6. The van der Waals surface area contributed by atoms with Crippen molar-refractivity contribution in [2.24, 2.45) is 5.73 Å². The van der Waals surface area contributed by atoms with Crippen LogP contribution in [0, 0.1) is 0 Å². The van der Waals surface area contributed by atoms with Crippen LogP contribution in [0.2, 0.25) is 19.0 Å². The molecule has 2 N–H and O–H groups in total. The summed E-state index contributed by atoms with van der Waals surface area (Å²) in [7, 11) is 0. The molecule has 0 amide bonds. The third-order valence-electron chi connectivity index (χ3n) is 3.43. The molecule has 0 aliphatic carbocycles. The highest BCUT2D eigenvalue weighted by Gasteiger charge is 2.21. The van der Waals surface area contributed by atoms with Gasteiger partial charge in [0, 0.05) is 6.04 Å². The highest BCUT2D eigenvalue weighted by atomic mass is 14.6. The van der Waals surface area contributed by atoms with E-state index in [1.54, 1.807) is 0 Å². The van der Waals surface area contributed by atoms with Crippen LogP contribution in [-0.2, 0) is 0 Å². The molecule has 1 rings (SSSR count). The second-order valence-electron chi connectivity index (χ2n) is 5.47. The first-order valence-corrected chi connectivity index (χ1v) is 6.84. The Labute approximate surface area is 107 Å². The molecule has 2 heteroatoms. The van der Waals surface area contributed by atoms with E-state index in [1.807, 2.05) is 0 Å². The second-order valence-corrected chi connectivity index (χ2v) is 5.47. The second kappa shape index (κ2) is 7.55. The van der Waals surface area contributed by atoms with Crippen LogP contribution < -0.4 is 5.73 Å². The number of hydrogen-bond donors (Lipinski definition) is 1. The van der Waals surface area contributed by atoms with Crippen molar-refractivity contribution in [2.75, 3.05) is 0 Å². The Balaban J connectivity index is 2.55. The van der Waals surface area contributed by atoms with Gasteiger partial charge in [-0.3, -0.25) is 0 Å². The van der Waals surface area contributed by atoms with E-state index in [0.29, 0.717) is 6.04 Å². The van der Waals surface area contributed by atoms with Crippen LogP contribution in [0.4, 0.5) is 0 Å². The number of rotatable bonds is 4. The Morgan fingerprint density at radius 2 is 1.88 bits per heavy atom. The molecule has 0 aromatic heterocycles. The molecular weight excluding hydrogens is 205 g/mol. The smallest absolute Gasteiger partial charge is 0.144 e. The van der Waals surface area contributed by atoms with E-state index in [4.69, 9.17) is 5.73 Å². The fourth-order valence-electron chi connectivity index (χ4n) is 2.41. The van der Waals surface area contributed by atoms with Gasteiger partial charge in [0.25, 0.3) is 0 Å². The van der Waals surface area contributed by atoms with Crippen LogP contribution in [0.3, 0.4) is 0 Å². The lowest BCUT2D eigenvalue weighted by Gasteiger charge is -2.23. The van der Waals surface area contributed by atoms with E-state index >= 15 is 0 Å².